The van der Waals surface area contributed by atoms with Gasteiger partial charge >= 0.3 is 0 Å². The second kappa shape index (κ2) is 7.85. The maximum atomic E-state index is 12.0. The Balaban J connectivity index is 2.35. The minimum atomic E-state index is -0.751. The first-order chi connectivity index (χ1) is 8.90. The molecule has 4 heteroatoms. The molecular formula is C15H30N2O2. The summed E-state index contributed by atoms with van der Waals surface area (Å²) in [7, 11) is 0. The Morgan fingerprint density at radius 1 is 1.26 bits per heavy atom. The molecule has 0 bridgehead atoms. The Labute approximate surface area is 117 Å². The molecule has 0 aliphatic heterocycles. The summed E-state index contributed by atoms with van der Waals surface area (Å²) in [6.07, 6.45) is 7.28. The third-order valence-electron chi connectivity index (χ3n) is 3.65. The van der Waals surface area contributed by atoms with Crippen molar-refractivity contribution in [3.63, 3.8) is 0 Å². The number of rotatable bonds is 6. The molecule has 1 aliphatic carbocycles. The Hall–Kier alpha value is -0.610. The fourth-order valence-electron chi connectivity index (χ4n) is 2.73. The number of amides is 1. The summed E-state index contributed by atoms with van der Waals surface area (Å²) in [5, 5.41) is 13.0. The van der Waals surface area contributed by atoms with Gasteiger partial charge in [-0.1, -0.05) is 32.6 Å². The third kappa shape index (κ3) is 7.53. The number of hydrogen-bond acceptors (Lipinski definition) is 3. The molecule has 0 saturated heterocycles. The summed E-state index contributed by atoms with van der Waals surface area (Å²) in [5.74, 6) is 0.0954. The van der Waals surface area contributed by atoms with Gasteiger partial charge in [-0.3, -0.25) is 9.69 Å². The van der Waals surface area contributed by atoms with E-state index >= 15 is 0 Å². The van der Waals surface area contributed by atoms with Gasteiger partial charge in [0.05, 0.1) is 12.1 Å². The van der Waals surface area contributed by atoms with Crippen LogP contribution in [-0.2, 0) is 4.79 Å². The smallest absolute Gasteiger partial charge is 0.234 e. The Morgan fingerprint density at radius 2 is 1.84 bits per heavy atom. The summed E-state index contributed by atoms with van der Waals surface area (Å²) in [5.41, 5.74) is -0.751. The summed E-state index contributed by atoms with van der Waals surface area (Å²) in [6, 6.07) is 0.357. The predicted molar refractivity (Wildman–Crippen MR) is 78.0 cm³/mol. The van der Waals surface area contributed by atoms with Gasteiger partial charge < -0.3 is 10.4 Å². The molecule has 0 spiro atoms. The van der Waals surface area contributed by atoms with Crippen LogP contribution in [0, 0.1) is 0 Å². The van der Waals surface area contributed by atoms with Gasteiger partial charge in [-0.05, 0) is 33.2 Å². The number of likely N-dealkylation sites (N-methyl/N-ethyl adjacent to an activating group) is 1. The second-order valence-corrected chi connectivity index (χ2v) is 6.37. The molecule has 1 fully saturated rings. The highest BCUT2D eigenvalue weighted by Gasteiger charge is 2.20. The van der Waals surface area contributed by atoms with E-state index in [1.807, 2.05) is 11.8 Å². The predicted octanol–water partition coefficient (Wildman–Crippen LogP) is 1.92. The van der Waals surface area contributed by atoms with Gasteiger partial charge in [-0.2, -0.15) is 0 Å². The lowest BCUT2D eigenvalue weighted by molar-refractivity contribution is -0.123. The average molecular weight is 270 g/mol. The fourth-order valence-corrected chi connectivity index (χ4v) is 2.73. The molecule has 1 aliphatic rings. The first kappa shape index (κ1) is 16.4. The molecule has 0 aromatic carbocycles. The van der Waals surface area contributed by atoms with Gasteiger partial charge in [-0.25, -0.2) is 0 Å². The average Bonchev–Trinajstić information content (AvgIpc) is 2.54. The van der Waals surface area contributed by atoms with Crippen molar-refractivity contribution in [2.75, 3.05) is 19.6 Å². The van der Waals surface area contributed by atoms with Crippen LogP contribution in [-0.4, -0.2) is 47.2 Å². The fraction of sp³-hybridized carbons (Fsp3) is 0.933. The highest BCUT2D eigenvalue weighted by molar-refractivity contribution is 5.78. The zero-order valence-corrected chi connectivity index (χ0v) is 12.7. The molecule has 2 N–H and O–H groups in total. The van der Waals surface area contributed by atoms with E-state index < -0.39 is 5.60 Å². The summed E-state index contributed by atoms with van der Waals surface area (Å²) >= 11 is 0. The maximum Gasteiger partial charge on any atom is 0.234 e. The molecule has 19 heavy (non-hydrogen) atoms. The van der Waals surface area contributed by atoms with Crippen molar-refractivity contribution in [1.82, 2.24) is 10.2 Å². The van der Waals surface area contributed by atoms with Gasteiger partial charge in [0.1, 0.15) is 0 Å². The number of aliphatic hydroxyl groups is 1. The molecule has 112 valence electrons. The number of carbonyl (C=O) groups excluding carboxylic acids is 1. The van der Waals surface area contributed by atoms with Crippen LogP contribution in [0.5, 0.6) is 0 Å². The third-order valence-corrected chi connectivity index (χ3v) is 3.65. The Kier molecular flexibility index (Phi) is 6.80. The van der Waals surface area contributed by atoms with Crippen LogP contribution in [0.3, 0.4) is 0 Å². The van der Waals surface area contributed by atoms with Crippen molar-refractivity contribution >= 4 is 5.91 Å². The normalized spacial score (nSPS) is 18.4. The molecule has 0 unspecified atom stereocenters. The monoisotopic (exact) mass is 270 g/mol. The van der Waals surface area contributed by atoms with Crippen molar-refractivity contribution in [2.45, 2.75) is 70.9 Å². The van der Waals surface area contributed by atoms with Gasteiger partial charge in [0.25, 0.3) is 0 Å². The zero-order chi connectivity index (χ0) is 14.3. The number of nitrogens with one attached hydrogen (secondary N) is 1. The van der Waals surface area contributed by atoms with E-state index in [0.29, 0.717) is 19.1 Å². The van der Waals surface area contributed by atoms with E-state index in [4.69, 9.17) is 0 Å². The van der Waals surface area contributed by atoms with Crippen molar-refractivity contribution in [2.24, 2.45) is 0 Å². The van der Waals surface area contributed by atoms with Crippen LogP contribution < -0.4 is 5.32 Å². The van der Waals surface area contributed by atoms with Gasteiger partial charge in [0.15, 0.2) is 0 Å². The topological polar surface area (TPSA) is 52.6 Å². The Bertz CT molecular complexity index is 266. The van der Waals surface area contributed by atoms with E-state index in [-0.39, 0.29) is 5.91 Å². The molecule has 4 nitrogen and oxygen atoms in total. The molecule has 0 aromatic heterocycles. The van der Waals surface area contributed by atoms with E-state index in [2.05, 4.69) is 5.32 Å². The number of carbonyl (C=O) groups is 1. The maximum absolute atomic E-state index is 12.0. The second-order valence-electron chi connectivity index (χ2n) is 6.37. The van der Waals surface area contributed by atoms with Crippen LogP contribution in [0.4, 0.5) is 0 Å². The number of hydrogen-bond donors (Lipinski definition) is 2. The molecule has 0 atom stereocenters. The van der Waals surface area contributed by atoms with Crippen molar-refractivity contribution in [1.29, 1.82) is 0 Å². The summed E-state index contributed by atoms with van der Waals surface area (Å²) in [4.78, 5) is 14.0. The molecule has 1 saturated carbocycles. The van der Waals surface area contributed by atoms with Crippen LogP contribution in [0.25, 0.3) is 0 Å². The molecule has 0 radical (unpaired) electrons. The van der Waals surface area contributed by atoms with E-state index in [0.717, 1.165) is 19.4 Å². The number of nitrogens with zero attached hydrogens (tertiary/aromatic N) is 1. The first-order valence-electron chi connectivity index (χ1n) is 7.65. The van der Waals surface area contributed by atoms with Crippen molar-refractivity contribution in [3.8, 4) is 0 Å². The SMILES string of the molecule is CCN(CC(=O)NC1CCCCCC1)CC(C)(C)O. The molecular weight excluding hydrogens is 240 g/mol. The first-order valence-corrected chi connectivity index (χ1v) is 7.65. The zero-order valence-electron chi connectivity index (χ0n) is 12.7. The quantitative estimate of drug-likeness (QED) is 0.725. The lowest BCUT2D eigenvalue weighted by Crippen LogP contribution is -2.46. The Morgan fingerprint density at radius 3 is 2.32 bits per heavy atom. The summed E-state index contributed by atoms with van der Waals surface area (Å²) < 4.78 is 0. The largest absolute Gasteiger partial charge is 0.389 e. The molecule has 1 rings (SSSR count). The van der Waals surface area contributed by atoms with E-state index in [1.54, 1.807) is 13.8 Å². The van der Waals surface area contributed by atoms with Crippen LogP contribution in [0.2, 0.25) is 0 Å². The highest BCUT2D eigenvalue weighted by atomic mass is 16.3. The van der Waals surface area contributed by atoms with Crippen LogP contribution >= 0.6 is 0 Å². The van der Waals surface area contributed by atoms with Crippen molar-refractivity contribution < 1.29 is 9.90 Å². The highest BCUT2D eigenvalue weighted by Crippen LogP contribution is 2.17. The van der Waals surface area contributed by atoms with E-state index in [9.17, 15) is 9.90 Å². The van der Waals surface area contributed by atoms with Crippen LogP contribution in [0.1, 0.15) is 59.3 Å². The van der Waals surface area contributed by atoms with Gasteiger partial charge in [0.2, 0.25) is 5.91 Å². The summed E-state index contributed by atoms with van der Waals surface area (Å²) in [6.45, 7) is 7.27. The standard InChI is InChI=1S/C15H30N2O2/c1-4-17(12-15(2,3)19)11-14(18)16-13-9-7-5-6-8-10-13/h13,19H,4-12H2,1-3H3,(H,16,18). The minimum Gasteiger partial charge on any atom is -0.389 e. The molecule has 1 amide bonds. The van der Waals surface area contributed by atoms with Crippen molar-refractivity contribution in [3.05, 3.63) is 0 Å². The lowest BCUT2D eigenvalue weighted by atomic mass is 10.1. The van der Waals surface area contributed by atoms with E-state index in [1.165, 1.54) is 25.7 Å². The van der Waals surface area contributed by atoms with Gasteiger partial charge in [0, 0.05) is 12.6 Å². The minimum absolute atomic E-state index is 0.0954. The molecule has 0 aromatic rings. The van der Waals surface area contributed by atoms with Crippen LogP contribution in [0.15, 0.2) is 0 Å². The van der Waals surface area contributed by atoms with Gasteiger partial charge in [-0.15, -0.1) is 0 Å². The lowest BCUT2D eigenvalue weighted by Gasteiger charge is -2.28. The molecule has 0 heterocycles.